The Morgan fingerprint density at radius 1 is 0.402 bits per heavy atom. The largest absolute Gasteiger partial charge is 0.289 e. The predicted octanol–water partition coefficient (Wildman–Crippen LogP) is 28.0. The molecule has 4 aromatic heterocycles. The van der Waals surface area contributed by atoms with E-state index in [-0.39, 0.29) is 44.5 Å². The van der Waals surface area contributed by atoms with E-state index >= 15 is 0 Å². The average Bonchev–Trinajstić information content (AvgIpc) is 1.49. The summed E-state index contributed by atoms with van der Waals surface area (Å²) in [5, 5.41) is 20.3. The maximum absolute atomic E-state index is 14.9. The first kappa shape index (κ1) is 76.7. The molecule has 0 bridgehead atoms. The number of unbranched alkanes of at least 4 members (excludes halogenated alkanes) is 12. The number of nitrogens with zero attached hydrogens (tertiary/aromatic N) is 4. The lowest BCUT2D eigenvalue weighted by Gasteiger charge is -2.36. The molecule has 4 heterocycles. The first-order valence-electron chi connectivity index (χ1n) is 39.3. The van der Waals surface area contributed by atoms with Gasteiger partial charge >= 0.3 is 0 Å². The molecule has 0 radical (unpaired) electrons. The average molecular weight is 1550 g/mol. The lowest BCUT2D eigenvalue weighted by atomic mass is 9.65. The summed E-state index contributed by atoms with van der Waals surface area (Å²) < 4.78 is 63.8. The summed E-state index contributed by atoms with van der Waals surface area (Å²) in [5.41, 5.74) is 14.0. The number of hydrogen-bond donors (Lipinski definition) is 0. The fraction of sp³-hybridized carbons (Fsp3) is 0.265. The Balaban J connectivity index is 0.965. The standard InChI is InChI=1S/C98H82F4N4O2S4/c1-7-11-15-19-25-59-33-41-63(42-34-59)97(64-43-35-60(36-44-64)26-20-16-12-8-2)77-51-76-78(52-75(77)93-89(97)95-85(111-93)49-67(109-95)29-23-31-69-87(83(57-103)105-5)71-53-79(99)81(101)55-73(71)91(69)107)98(65-45-37-61(38-46-65)27-21-17-13-9-3,66-47-39-62(40-48-66)28-22-18-14-10-4)90-94(76)112-86-50-68(110-96(86)90)30-24-32-70-88(84(58-104)106-6)72-54-80(100)82(102)56-74(72)92(70)108/h23-24,29-56H,7-22,25-28H2,1-4H3/b29-23+,30-24+,69-31-,70-32-,87-83-,88-84+. The van der Waals surface area contributed by atoms with E-state index in [1.807, 2.05) is 24.3 Å². The molecule has 0 N–H and O–H groups in total. The highest BCUT2D eigenvalue weighted by atomic mass is 32.1. The molecule has 6 nitrogen and oxygen atoms in total. The predicted molar refractivity (Wildman–Crippen MR) is 453 cm³/mol. The Morgan fingerprint density at radius 3 is 0.991 bits per heavy atom. The molecule has 4 aliphatic carbocycles. The van der Waals surface area contributed by atoms with Crippen LogP contribution in [0, 0.1) is 59.1 Å². The van der Waals surface area contributed by atoms with Gasteiger partial charge in [-0.05, 0) is 190 Å². The molecule has 0 saturated carbocycles. The van der Waals surface area contributed by atoms with Crippen LogP contribution in [0.25, 0.3) is 72.7 Å². The van der Waals surface area contributed by atoms with E-state index in [9.17, 15) is 37.7 Å². The van der Waals surface area contributed by atoms with E-state index in [1.54, 1.807) is 69.7 Å². The van der Waals surface area contributed by atoms with Crippen molar-refractivity contribution in [1.29, 1.82) is 10.5 Å². The normalized spacial score (nSPS) is 15.8. The molecule has 0 atom stereocenters. The number of carbonyl (C=O) groups is 2. The van der Waals surface area contributed by atoms with Gasteiger partial charge in [0.05, 0.1) is 45.5 Å². The van der Waals surface area contributed by atoms with Crippen molar-refractivity contribution < 1.29 is 27.2 Å². The smallest absolute Gasteiger partial charge is 0.270 e. The second-order valence-electron chi connectivity index (χ2n) is 29.8. The zero-order valence-corrected chi connectivity index (χ0v) is 66.5. The van der Waals surface area contributed by atoms with E-state index in [0.717, 1.165) is 189 Å². The van der Waals surface area contributed by atoms with E-state index in [1.165, 1.54) is 79.9 Å². The maximum Gasteiger partial charge on any atom is 0.270 e. The highest BCUT2D eigenvalue weighted by molar-refractivity contribution is 7.31. The number of fused-ring (bicyclic) bond motifs is 12. The van der Waals surface area contributed by atoms with Crippen molar-refractivity contribution in [3.05, 3.63) is 337 Å². The lowest BCUT2D eigenvalue weighted by molar-refractivity contribution is 0.103. The number of thiophene rings is 4. The molecule has 7 aromatic carbocycles. The number of benzene rings is 7. The molecule has 0 saturated heterocycles. The van der Waals surface area contributed by atoms with Gasteiger partial charge in [-0.1, -0.05) is 226 Å². The van der Waals surface area contributed by atoms with Crippen LogP contribution in [0.3, 0.4) is 0 Å². The van der Waals surface area contributed by atoms with Gasteiger partial charge in [-0.15, -0.1) is 45.3 Å². The molecule has 11 aromatic rings. The van der Waals surface area contributed by atoms with Gasteiger partial charge in [0.1, 0.15) is 0 Å². The number of ketones is 2. The number of aryl methyl sites for hydroxylation is 4. The lowest BCUT2D eigenvalue weighted by Crippen LogP contribution is -2.30. The third kappa shape index (κ3) is 13.6. The number of carbonyl (C=O) groups excluding carboxylic acids is 2. The molecule has 0 amide bonds. The van der Waals surface area contributed by atoms with E-state index < -0.39 is 57.1 Å². The second-order valence-corrected chi connectivity index (χ2v) is 34.1. The van der Waals surface area contributed by atoms with Crippen LogP contribution >= 0.6 is 45.3 Å². The fourth-order valence-corrected chi connectivity index (χ4v) is 22.8. The van der Waals surface area contributed by atoms with Crippen molar-refractivity contribution in [3.8, 4) is 33.0 Å². The van der Waals surface area contributed by atoms with Gasteiger partial charge in [0, 0.05) is 73.5 Å². The number of nitriles is 2. The fourth-order valence-electron chi connectivity index (χ4n) is 17.4. The Hall–Kier alpha value is -10.7. The Morgan fingerprint density at radius 2 is 0.705 bits per heavy atom. The van der Waals surface area contributed by atoms with Gasteiger partial charge in [-0.2, -0.15) is 0 Å². The zero-order valence-electron chi connectivity index (χ0n) is 63.2. The summed E-state index contributed by atoms with van der Waals surface area (Å²) in [6.07, 6.45) is 32.6. The molecule has 558 valence electrons. The monoisotopic (exact) mass is 1550 g/mol. The Bertz CT molecular complexity index is 5450. The molecular weight excluding hydrogens is 1470 g/mol. The van der Waals surface area contributed by atoms with Crippen LogP contribution in [-0.2, 0) is 36.5 Å². The molecule has 0 aliphatic heterocycles. The third-order valence-corrected chi connectivity index (χ3v) is 27.8. The van der Waals surface area contributed by atoms with Gasteiger partial charge in [0.15, 0.2) is 34.8 Å². The second kappa shape index (κ2) is 32.9. The first-order chi connectivity index (χ1) is 54.7. The molecule has 0 fully saturated rings. The zero-order chi connectivity index (χ0) is 78.0. The van der Waals surface area contributed by atoms with Crippen LogP contribution in [0.1, 0.15) is 239 Å². The first-order valence-corrected chi connectivity index (χ1v) is 42.5. The van der Waals surface area contributed by atoms with E-state index in [0.29, 0.717) is 0 Å². The van der Waals surface area contributed by atoms with Gasteiger partial charge < -0.3 is 0 Å². The topological polar surface area (TPSA) is 90.4 Å². The van der Waals surface area contributed by atoms with Crippen molar-refractivity contribution in [2.75, 3.05) is 0 Å². The highest BCUT2D eigenvalue weighted by Gasteiger charge is 2.55. The van der Waals surface area contributed by atoms with Crippen molar-refractivity contribution in [2.24, 2.45) is 0 Å². The van der Waals surface area contributed by atoms with Gasteiger partial charge in [0.2, 0.25) is 0 Å². The summed E-state index contributed by atoms with van der Waals surface area (Å²) in [7, 11) is 0. The molecule has 4 aliphatic rings. The van der Waals surface area contributed by atoms with Crippen molar-refractivity contribution in [3.63, 3.8) is 0 Å². The van der Waals surface area contributed by atoms with E-state index in [2.05, 4.69) is 159 Å². The molecule has 14 heteroatoms. The summed E-state index contributed by atoms with van der Waals surface area (Å²) in [6.45, 7) is 24.7. The SMILES string of the molecule is [C-]#[N+]\C(C#N)=C1/C(=C/C=C/c2cc3sc4c(c3s2)C(c2ccc(CCCCCC)cc2)(c2ccc(CCCCCC)cc2)c2cc3c(cc2-4)C(c2ccc(CCCCCC)cc2)(c2ccc(CCCCCC)cc2)c2c-3sc3cc(/C=C/C=C4\C(=O)c5cc(F)c(F)cc5\C4=C(\C#N)[N+]#[C-])sc23)C(=O)c2cc(F)c(F)cc21. The summed E-state index contributed by atoms with van der Waals surface area (Å²) in [4.78, 5) is 39.2. The van der Waals surface area contributed by atoms with Crippen LogP contribution in [0.4, 0.5) is 17.6 Å². The minimum atomic E-state index is -1.20. The Labute approximate surface area is 669 Å². The van der Waals surface area contributed by atoms with E-state index in [4.69, 9.17) is 13.1 Å². The van der Waals surface area contributed by atoms with Crippen molar-refractivity contribution in [2.45, 2.75) is 167 Å². The number of allylic oxidation sites excluding steroid dienone is 10. The van der Waals surface area contributed by atoms with Gasteiger partial charge in [0.25, 0.3) is 11.4 Å². The summed E-state index contributed by atoms with van der Waals surface area (Å²) in [6, 6.07) is 54.5. The quantitative estimate of drug-likeness (QED) is 0.0161. The van der Waals surface area contributed by atoms with Gasteiger partial charge in [-0.3, -0.25) is 9.59 Å². The highest BCUT2D eigenvalue weighted by Crippen LogP contribution is 2.68. The van der Waals surface area contributed by atoms with Crippen LogP contribution in [0.5, 0.6) is 0 Å². The molecule has 112 heavy (non-hydrogen) atoms. The number of rotatable bonds is 28. The minimum absolute atomic E-state index is 0.00766. The molecular formula is C98H82F4N4O2S4. The molecule has 0 unspecified atom stereocenters. The van der Waals surface area contributed by atoms with Crippen molar-refractivity contribution in [1.82, 2.24) is 0 Å². The molecule has 0 spiro atoms. The van der Waals surface area contributed by atoms with Crippen LogP contribution < -0.4 is 0 Å². The summed E-state index contributed by atoms with van der Waals surface area (Å²) in [5.74, 6) is -5.96. The van der Waals surface area contributed by atoms with Crippen LogP contribution in [-0.4, -0.2) is 11.6 Å². The Kier molecular flexibility index (Phi) is 22.6. The molecule has 15 rings (SSSR count). The van der Waals surface area contributed by atoms with Crippen LogP contribution in [0.2, 0.25) is 0 Å². The number of Topliss-reactive ketones (excluding diaryl/α,β-unsaturated/α-hetero) is 2. The maximum atomic E-state index is 14.9. The van der Waals surface area contributed by atoms with Crippen molar-refractivity contribution >= 4 is 99.0 Å². The third-order valence-electron chi connectivity index (χ3n) is 22.9. The van der Waals surface area contributed by atoms with Crippen LogP contribution in [0.15, 0.2) is 192 Å². The summed E-state index contributed by atoms with van der Waals surface area (Å²) >= 11 is 6.90. The number of hydrogen-bond acceptors (Lipinski definition) is 8. The minimum Gasteiger partial charge on any atom is -0.289 e. The number of halogens is 4. The van der Waals surface area contributed by atoms with Gasteiger partial charge in [-0.25, -0.2) is 37.8 Å².